The summed E-state index contributed by atoms with van der Waals surface area (Å²) >= 11 is 5.98. The number of benzene rings is 1. The number of anilines is 1. The van der Waals surface area contributed by atoms with Gasteiger partial charge in [0.15, 0.2) is 0 Å². The first-order valence-electron chi connectivity index (χ1n) is 5.62. The van der Waals surface area contributed by atoms with Crippen LogP contribution in [0.2, 0.25) is 0 Å². The number of carbonyl (C=O) groups is 1. The lowest BCUT2D eigenvalue weighted by Gasteiger charge is -2.15. The first-order valence-corrected chi connectivity index (χ1v) is 6.05. The van der Waals surface area contributed by atoms with Crippen LogP contribution in [0.1, 0.15) is 25.0 Å². The van der Waals surface area contributed by atoms with Crippen LogP contribution < -0.4 is 4.90 Å². The fourth-order valence-corrected chi connectivity index (χ4v) is 2.41. The second kappa shape index (κ2) is 4.46. The van der Waals surface area contributed by atoms with Crippen molar-refractivity contribution >= 4 is 23.2 Å². The van der Waals surface area contributed by atoms with Crippen LogP contribution in [0, 0.1) is 0 Å². The Morgan fingerprint density at radius 2 is 2.31 bits per heavy atom. The van der Waals surface area contributed by atoms with E-state index in [1.54, 1.807) is 6.92 Å². The number of hydrogen-bond acceptors (Lipinski definition) is 1. The fourth-order valence-electron chi connectivity index (χ4n) is 2.23. The molecule has 0 bridgehead atoms. The molecular weight excluding hydrogens is 222 g/mol. The zero-order valence-corrected chi connectivity index (χ0v) is 10.4. The second-order valence-electron chi connectivity index (χ2n) is 4.37. The van der Waals surface area contributed by atoms with Crippen molar-refractivity contribution in [1.82, 2.24) is 0 Å². The minimum absolute atomic E-state index is 0.122. The molecule has 1 atom stereocenters. The SMILES string of the molecule is CC(=O)N1CCc2cc(CC(C)Cl)ccc21. The predicted molar refractivity (Wildman–Crippen MR) is 67.2 cm³/mol. The summed E-state index contributed by atoms with van der Waals surface area (Å²) in [5, 5.41) is 0.156. The highest BCUT2D eigenvalue weighted by Crippen LogP contribution is 2.29. The maximum absolute atomic E-state index is 11.4. The normalized spacial score (nSPS) is 16.1. The summed E-state index contributed by atoms with van der Waals surface area (Å²) in [6.07, 6.45) is 1.84. The van der Waals surface area contributed by atoms with Gasteiger partial charge in [-0.25, -0.2) is 0 Å². The molecule has 0 aliphatic carbocycles. The van der Waals surface area contributed by atoms with Crippen LogP contribution in [0.25, 0.3) is 0 Å². The summed E-state index contributed by atoms with van der Waals surface area (Å²) in [5.41, 5.74) is 3.59. The Morgan fingerprint density at radius 1 is 1.56 bits per heavy atom. The molecule has 2 nitrogen and oxygen atoms in total. The van der Waals surface area contributed by atoms with E-state index in [4.69, 9.17) is 11.6 Å². The molecule has 0 aromatic heterocycles. The highest BCUT2D eigenvalue weighted by Gasteiger charge is 2.21. The van der Waals surface area contributed by atoms with Gasteiger partial charge < -0.3 is 4.90 Å². The third-order valence-electron chi connectivity index (χ3n) is 2.94. The molecular formula is C13H16ClNO. The number of rotatable bonds is 2. The van der Waals surface area contributed by atoms with Crippen LogP contribution in [-0.4, -0.2) is 17.8 Å². The number of hydrogen-bond donors (Lipinski definition) is 0. The van der Waals surface area contributed by atoms with E-state index in [0.29, 0.717) is 0 Å². The van der Waals surface area contributed by atoms with Crippen molar-refractivity contribution in [1.29, 1.82) is 0 Å². The van der Waals surface area contributed by atoms with E-state index in [-0.39, 0.29) is 11.3 Å². The lowest BCUT2D eigenvalue weighted by Crippen LogP contribution is -2.25. The molecule has 1 aromatic carbocycles. The third-order valence-corrected chi connectivity index (χ3v) is 3.09. The lowest BCUT2D eigenvalue weighted by molar-refractivity contribution is -0.116. The number of fused-ring (bicyclic) bond motifs is 1. The molecule has 1 unspecified atom stereocenters. The van der Waals surface area contributed by atoms with Crippen molar-refractivity contribution in [3.8, 4) is 0 Å². The van der Waals surface area contributed by atoms with Gasteiger partial charge in [-0.15, -0.1) is 11.6 Å². The van der Waals surface area contributed by atoms with E-state index in [1.165, 1.54) is 11.1 Å². The minimum Gasteiger partial charge on any atom is -0.312 e. The van der Waals surface area contributed by atoms with Gasteiger partial charge in [0.2, 0.25) is 5.91 Å². The average molecular weight is 238 g/mol. The maximum atomic E-state index is 11.4. The van der Waals surface area contributed by atoms with E-state index in [9.17, 15) is 4.79 Å². The Morgan fingerprint density at radius 3 is 2.94 bits per heavy atom. The predicted octanol–water partition coefficient (Wildman–Crippen LogP) is 2.77. The maximum Gasteiger partial charge on any atom is 0.223 e. The van der Waals surface area contributed by atoms with Crippen molar-refractivity contribution < 1.29 is 4.79 Å². The Balaban J connectivity index is 2.25. The zero-order chi connectivity index (χ0) is 11.7. The number of carbonyl (C=O) groups excluding carboxylic acids is 1. The van der Waals surface area contributed by atoms with Crippen LogP contribution in [0.5, 0.6) is 0 Å². The molecule has 16 heavy (non-hydrogen) atoms. The molecule has 1 amide bonds. The molecule has 1 aliphatic heterocycles. The van der Waals surface area contributed by atoms with Crippen molar-refractivity contribution in [3.63, 3.8) is 0 Å². The van der Waals surface area contributed by atoms with Crippen molar-refractivity contribution in [2.75, 3.05) is 11.4 Å². The number of alkyl halides is 1. The van der Waals surface area contributed by atoms with Crippen LogP contribution in [-0.2, 0) is 17.6 Å². The van der Waals surface area contributed by atoms with Gasteiger partial charge in [-0.1, -0.05) is 12.1 Å². The Kier molecular flexibility index (Phi) is 3.20. The summed E-state index contributed by atoms with van der Waals surface area (Å²) in [6.45, 7) is 4.42. The number of amides is 1. The molecule has 0 saturated carbocycles. The molecule has 2 rings (SSSR count). The van der Waals surface area contributed by atoms with Gasteiger partial charge in [-0.05, 0) is 37.0 Å². The van der Waals surface area contributed by atoms with Gasteiger partial charge in [0.25, 0.3) is 0 Å². The number of nitrogens with zero attached hydrogens (tertiary/aromatic N) is 1. The molecule has 1 aliphatic rings. The van der Waals surface area contributed by atoms with E-state index in [2.05, 4.69) is 12.1 Å². The summed E-state index contributed by atoms with van der Waals surface area (Å²) in [7, 11) is 0. The monoisotopic (exact) mass is 237 g/mol. The van der Waals surface area contributed by atoms with Gasteiger partial charge in [0.05, 0.1) is 0 Å². The van der Waals surface area contributed by atoms with Crippen molar-refractivity contribution in [2.45, 2.75) is 32.1 Å². The first kappa shape index (κ1) is 11.5. The largest absolute Gasteiger partial charge is 0.312 e. The Hall–Kier alpha value is -1.02. The van der Waals surface area contributed by atoms with Gasteiger partial charge in [-0.3, -0.25) is 4.79 Å². The van der Waals surface area contributed by atoms with Gasteiger partial charge in [0.1, 0.15) is 0 Å². The molecule has 0 saturated heterocycles. The summed E-state index contributed by atoms with van der Waals surface area (Å²) < 4.78 is 0. The molecule has 0 radical (unpaired) electrons. The second-order valence-corrected chi connectivity index (χ2v) is 5.11. The van der Waals surface area contributed by atoms with Crippen molar-refractivity contribution in [2.24, 2.45) is 0 Å². The molecule has 1 aromatic rings. The smallest absolute Gasteiger partial charge is 0.223 e. The zero-order valence-electron chi connectivity index (χ0n) is 9.66. The quantitative estimate of drug-likeness (QED) is 0.725. The molecule has 0 N–H and O–H groups in total. The molecule has 1 heterocycles. The van der Waals surface area contributed by atoms with E-state index >= 15 is 0 Å². The Bertz CT molecular complexity index is 414. The van der Waals surface area contributed by atoms with Crippen LogP contribution >= 0.6 is 11.6 Å². The highest BCUT2D eigenvalue weighted by atomic mass is 35.5. The fraction of sp³-hybridized carbons (Fsp3) is 0.462. The summed E-state index contributed by atoms with van der Waals surface area (Å²) in [6, 6.07) is 6.29. The van der Waals surface area contributed by atoms with Gasteiger partial charge in [-0.2, -0.15) is 0 Å². The topological polar surface area (TPSA) is 20.3 Å². The van der Waals surface area contributed by atoms with Gasteiger partial charge >= 0.3 is 0 Å². The Labute approximate surface area is 101 Å². The lowest BCUT2D eigenvalue weighted by atomic mass is 10.0. The minimum atomic E-state index is 0.122. The molecule has 86 valence electrons. The van der Waals surface area contributed by atoms with Crippen LogP contribution in [0.3, 0.4) is 0 Å². The van der Waals surface area contributed by atoms with E-state index < -0.39 is 0 Å². The van der Waals surface area contributed by atoms with E-state index in [0.717, 1.165) is 25.1 Å². The first-order chi connectivity index (χ1) is 7.58. The van der Waals surface area contributed by atoms with E-state index in [1.807, 2.05) is 17.9 Å². The van der Waals surface area contributed by atoms with Crippen molar-refractivity contribution in [3.05, 3.63) is 29.3 Å². The third kappa shape index (κ3) is 2.22. The molecule has 0 fully saturated rings. The summed E-state index contributed by atoms with van der Waals surface area (Å²) in [4.78, 5) is 13.2. The average Bonchev–Trinajstić information content (AvgIpc) is 2.59. The van der Waals surface area contributed by atoms with Crippen LogP contribution in [0.4, 0.5) is 5.69 Å². The summed E-state index contributed by atoms with van der Waals surface area (Å²) in [5.74, 6) is 0.122. The number of halogens is 1. The molecule has 0 spiro atoms. The van der Waals surface area contributed by atoms with Gasteiger partial charge in [0, 0.05) is 24.5 Å². The van der Waals surface area contributed by atoms with Crippen LogP contribution in [0.15, 0.2) is 18.2 Å². The molecule has 3 heteroatoms. The standard InChI is InChI=1S/C13H16ClNO/c1-9(14)7-11-3-4-13-12(8-11)5-6-15(13)10(2)16/h3-4,8-9H,5-7H2,1-2H3. The highest BCUT2D eigenvalue weighted by molar-refractivity contribution is 6.20.